The van der Waals surface area contributed by atoms with Gasteiger partial charge in [-0.05, 0) is 0 Å². The van der Waals surface area contributed by atoms with Gasteiger partial charge in [0, 0.05) is 0 Å². The summed E-state index contributed by atoms with van der Waals surface area (Å²) >= 11 is 10.3. The molecule has 0 radical (unpaired) electrons. The van der Waals surface area contributed by atoms with E-state index in [9.17, 15) is 13.2 Å². The van der Waals surface area contributed by atoms with Gasteiger partial charge in [0.25, 0.3) is 0 Å². The lowest BCUT2D eigenvalue weighted by atomic mass is 10.2. The van der Waals surface area contributed by atoms with E-state index in [1.165, 1.54) is 0 Å². The van der Waals surface area contributed by atoms with E-state index in [-0.39, 0.29) is 0 Å². The van der Waals surface area contributed by atoms with Crippen LogP contribution in [0.2, 0.25) is 10.0 Å². The first-order chi connectivity index (χ1) is 6.00. The molecular weight excluding hydrogens is 226 g/mol. The fourth-order valence-corrected chi connectivity index (χ4v) is 1.05. The molecule has 0 bridgehead atoms. The maximum Gasteiger partial charge on any atom is 0.181 e. The van der Waals surface area contributed by atoms with E-state index in [4.69, 9.17) is 28.5 Å². The zero-order chi connectivity index (χ0) is 10.2. The van der Waals surface area contributed by atoms with Crippen LogP contribution in [0.1, 0.15) is 5.56 Å². The van der Waals surface area contributed by atoms with Gasteiger partial charge < -0.3 is 0 Å². The number of nitrogens with zero attached hydrogens (tertiary/aromatic N) is 1. The van der Waals surface area contributed by atoms with E-state index in [1.54, 1.807) is 0 Å². The van der Waals surface area contributed by atoms with Crippen molar-refractivity contribution in [3.63, 3.8) is 0 Å². The second-order valence-corrected chi connectivity index (χ2v) is 2.81. The van der Waals surface area contributed by atoms with E-state index in [0.717, 1.165) is 6.07 Å². The van der Waals surface area contributed by atoms with Crippen molar-refractivity contribution in [3.8, 4) is 6.07 Å². The van der Waals surface area contributed by atoms with Gasteiger partial charge in [0.1, 0.15) is 16.7 Å². The highest BCUT2D eigenvalue weighted by molar-refractivity contribution is 6.42. The number of hydrogen-bond donors (Lipinski definition) is 0. The number of nitriles is 1. The SMILES string of the molecule is N#Cc1c(F)c(F)c(Cl)c(Cl)c1F. The summed E-state index contributed by atoms with van der Waals surface area (Å²) in [5.41, 5.74) is -1.08. The maximum atomic E-state index is 12.9. The minimum absolute atomic E-state index is 0.794. The molecule has 1 aromatic rings. The summed E-state index contributed by atoms with van der Waals surface area (Å²) in [6.07, 6.45) is 0. The Kier molecular flexibility index (Phi) is 2.69. The molecule has 0 atom stereocenters. The first-order valence-corrected chi connectivity index (χ1v) is 3.67. The predicted molar refractivity (Wildman–Crippen MR) is 41.1 cm³/mol. The van der Waals surface area contributed by atoms with Gasteiger partial charge >= 0.3 is 0 Å². The van der Waals surface area contributed by atoms with E-state index in [2.05, 4.69) is 0 Å². The normalized spacial score (nSPS) is 9.85. The van der Waals surface area contributed by atoms with Crippen molar-refractivity contribution in [2.75, 3.05) is 0 Å². The van der Waals surface area contributed by atoms with Gasteiger partial charge in [-0.25, -0.2) is 13.2 Å². The first kappa shape index (κ1) is 10.2. The van der Waals surface area contributed by atoms with Gasteiger partial charge in [-0.2, -0.15) is 5.26 Å². The molecule has 0 aliphatic heterocycles. The van der Waals surface area contributed by atoms with Gasteiger partial charge in [0.05, 0.1) is 5.02 Å². The average molecular weight is 226 g/mol. The highest BCUT2D eigenvalue weighted by atomic mass is 35.5. The summed E-state index contributed by atoms with van der Waals surface area (Å²) in [5, 5.41) is 6.58. The second kappa shape index (κ2) is 3.44. The lowest BCUT2D eigenvalue weighted by Crippen LogP contribution is -1.97. The van der Waals surface area contributed by atoms with Crippen LogP contribution >= 0.6 is 23.2 Å². The smallest absolute Gasteiger partial charge is 0.181 e. The molecule has 0 heterocycles. The Hall–Kier alpha value is -0.920. The van der Waals surface area contributed by atoms with Crippen molar-refractivity contribution < 1.29 is 13.2 Å². The van der Waals surface area contributed by atoms with Gasteiger partial charge in [-0.3, -0.25) is 0 Å². The monoisotopic (exact) mass is 225 g/mol. The molecule has 68 valence electrons. The van der Waals surface area contributed by atoms with Crippen LogP contribution in [-0.2, 0) is 0 Å². The summed E-state index contributed by atoms with van der Waals surface area (Å²) in [5.74, 6) is -4.51. The van der Waals surface area contributed by atoms with Gasteiger partial charge in [-0.1, -0.05) is 23.2 Å². The van der Waals surface area contributed by atoms with Crippen molar-refractivity contribution >= 4 is 23.2 Å². The summed E-state index contributed by atoms with van der Waals surface area (Å²) in [7, 11) is 0. The molecule has 0 unspecified atom stereocenters. The molecule has 13 heavy (non-hydrogen) atoms. The van der Waals surface area contributed by atoms with Crippen LogP contribution in [0.5, 0.6) is 0 Å². The Morgan fingerprint density at radius 3 is 1.85 bits per heavy atom. The number of hydrogen-bond acceptors (Lipinski definition) is 1. The van der Waals surface area contributed by atoms with Crippen LogP contribution < -0.4 is 0 Å². The third-order valence-electron chi connectivity index (χ3n) is 1.32. The van der Waals surface area contributed by atoms with E-state index in [0.29, 0.717) is 0 Å². The number of rotatable bonds is 0. The molecule has 0 fully saturated rings. The van der Waals surface area contributed by atoms with Crippen molar-refractivity contribution in [1.29, 1.82) is 5.26 Å². The Morgan fingerprint density at radius 1 is 0.923 bits per heavy atom. The Labute approximate surface area is 81.3 Å². The van der Waals surface area contributed by atoms with Crippen LogP contribution in [0.15, 0.2) is 0 Å². The van der Waals surface area contributed by atoms with Crippen molar-refractivity contribution in [1.82, 2.24) is 0 Å². The molecular formula is C7Cl2F3N. The van der Waals surface area contributed by atoms with Crippen LogP contribution in [0.4, 0.5) is 13.2 Å². The van der Waals surface area contributed by atoms with Crippen LogP contribution in [0.25, 0.3) is 0 Å². The highest BCUT2D eigenvalue weighted by Gasteiger charge is 2.22. The first-order valence-electron chi connectivity index (χ1n) is 2.92. The number of halogens is 5. The van der Waals surface area contributed by atoms with Gasteiger partial charge in [0.15, 0.2) is 17.5 Å². The molecule has 0 spiro atoms. The topological polar surface area (TPSA) is 23.8 Å². The summed E-state index contributed by atoms with van der Waals surface area (Å²) in [4.78, 5) is 0. The van der Waals surface area contributed by atoms with Crippen LogP contribution in [-0.4, -0.2) is 0 Å². The molecule has 0 saturated heterocycles. The molecule has 1 aromatic carbocycles. The van der Waals surface area contributed by atoms with Crippen LogP contribution in [0, 0.1) is 28.8 Å². The Morgan fingerprint density at radius 2 is 1.38 bits per heavy atom. The molecule has 6 heteroatoms. The Balaban J connectivity index is 3.69. The molecule has 0 aliphatic rings. The van der Waals surface area contributed by atoms with E-state index < -0.39 is 33.1 Å². The lowest BCUT2D eigenvalue weighted by Gasteiger charge is -2.02. The molecule has 1 rings (SSSR count). The zero-order valence-corrected chi connectivity index (χ0v) is 7.35. The molecule has 0 saturated carbocycles. The molecule has 1 nitrogen and oxygen atoms in total. The van der Waals surface area contributed by atoms with E-state index in [1.807, 2.05) is 0 Å². The third kappa shape index (κ3) is 1.45. The minimum Gasteiger partial charge on any atom is -0.204 e. The van der Waals surface area contributed by atoms with Gasteiger partial charge in [0.2, 0.25) is 0 Å². The average Bonchev–Trinajstić information content (AvgIpc) is 2.13. The predicted octanol–water partition coefficient (Wildman–Crippen LogP) is 3.28. The summed E-state index contributed by atoms with van der Waals surface area (Å²) in [6, 6.07) is 1.14. The fraction of sp³-hybridized carbons (Fsp3) is 0. The van der Waals surface area contributed by atoms with Crippen molar-refractivity contribution in [2.24, 2.45) is 0 Å². The standard InChI is InChI=1S/C7Cl2F3N/c8-3-4(9)7(12)6(11)2(1-13)5(3)10. The second-order valence-electron chi connectivity index (χ2n) is 2.06. The summed E-state index contributed by atoms with van der Waals surface area (Å²) in [6.45, 7) is 0. The molecule has 0 aromatic heterocycles. The summed E-state index contributed by atoms with van der Waals surface area (Å²) < 4.78 is 38.3. The molecule has 0 aliphatic carbocycles. The zero-order valence-electron chi connectivity index (χ0n) is 5.84. The third-order valence-corrected chi connectivity index (χ3v) is 2.13. The minimum atomic E-state index is -1.63. The fourth-order valence-electron chi connectivity index (χ4n) is 0.703. The lowest BCUT2D eigenvalue weighted by molar-refractivity contribution is 0.492. The van der Waals surface area contributed by atoms with Gasteiger partial charge in [-0.15, -0.1) is 0 Å². The van der Waals surface area contributed by atoms with Crippen LogP contribution in [0.3, 0.4) is 0 Å². The van der Waals surface area contributed by atoms with Crippen molar-refractivity contribution in [2.45, 2.75) is 0 Å². The quantitative estimate of drug-likeness (QED) is 0.491. The largest absolute Gasteiger partial charge is 0.204 e. The number of benzene rings is 1. The molecule has 0 amide bonds. The highest BCUT2D eigenvalue weighted by Crippen LogP contribution is 2.32. The Bertz CT molecular complexity index is 382. The van der Waals surface area contributed by atoms with Crippen molar-refractivity contribution in [3.05, 3.63) is 33.1 Å². The maximum absolute atomic E-state index is 12.9. The van der Waals surface area contributed by atoms with E-state index >= 15 is 0 Å². The molecule has 0 N–H and O–H groups in total.